The molecule has 3 nitrogen and oxygen atoms in total. The van der Waals surface area contributed by atoms with E-state index in [0.29, 0.717) is 11.4 Å². The number of halogens is 2. The molecule has 3 fully saturated rings. The van der Waals surface area contributed by atoms with Crippen molar-refractivity contribution < 1.29 is 4.79 Å². The number of ketones is 1. The first-order chi connectivity index (χ1) is 9.13. The fourth-order valence-electron chi connectivity index (χ4n) is 2.89. The topological polar surface area (TPSA) is 23.6 Å². The van der Waals surface area contributed by atoms with Gasteiger partial charge in [-0.25, -0.2) is 0 Å². The Bertz CT molecular complexity index is 500. The molecule has 0 spiro atoms. The molecule has 4 rings (SSSR count). The zero-order valence-corrected chi connectivity index (χ0v) is 13.0. The number of hydrogen-bond donors (Lipinski definition) is 0. The van der Waals surface area contributed by atoms with E-state index in [1.807, 2.05) is 18.2 Å². The Morgan fingerprint density at radius 1 is 1.32 bits per heavy atom. The van der Waals surface area contributed by atoms with Gasteiger partial charge in [-0.2, -0.15) is 0 Å². The lowest BCUT2D eigenvalue weighted by molar-refractivity contribution is -0.128. The molecule has 5 heteroatoms. The van der Waals surface area contributed by atoms with Gasteiger partial charge in [-0.05, 0) is 17.7 Å². The van der Waals surface area contributed by atoms with E-state index in [-0.39, 0.29) is 11.8 Å². The molecule has 0 amide bonds. The average Bonchev–Trinajstić information content (AvgIpc) is 2.43. The first kappa shape index (κ1) is 13.6. The summed E-state index contributed by atoms with van der Waals surface area (Å²) in [6.45, 7) is 5.12. The predicted octanol–water partition coefficient (Wildman–Crippen LogP) is 2.21. The molecule has 0 aromatic heterocycles. The third kappa shape index (κ3) is 2.87. The fraction of sp³-hybridized carbons (Fsp3) is 0.500. The highest BCUT2D eigenvalue weighted by Crippen LogP contribution is 2.24. The highest BCUT2D eigenvalue weighted by Gasteiger charge is 2.35. The summed E-state index contributed by atoms with van der Waals surface area (Å²) in [5, 5.41) is 0.666. The molecule has 3 saturated heterocycles. The van der Waals surface area contributed by atoms with Crippen molar-refractivity contribution in [2.75, 3.05) is 32.7 Å². The number of nitrogens with zero attached hydrogens (tertiary/aromatic N) is 2. The smallest absolute Gasteiger partial charge is 0.155 e. The molecule has 0 N–H and O–H groups in total. The molecule has 3 aliphatic rings. The molecular formula is C14H16BrClN2O. The summed E-state index contributed by atoms with van der Waals surface area (Å²) < 4.78 is 0.945. The summed E-state index contributed by atoms with van der Waals surface area (Å²) in [5.41, 5.74) is 0.924. The van der Waals surface area contributed by atoms with E-state index in [4.69, 9.17) is 11.6 Å². The summed E-state index contributed by atoms with van der Waals surface area (Å²) in [4.78, 5) is 17.2. The van der Waals surface area contributed by atoms with E-state index in [1.54, 1.807) is 0 Å². The van der Waals surface area contributed by atoms with Crippen molar-refractivity contribution >= 4 is 33.3 Å². The van der Waals surface area contributed by atoms with E-state index in [0.717, 1.165) is 42.8 Å². The summed E-state index contributed by atoms with van der Waals surface area (Å²) in [5.74, 6) is 0.286. The van der Waals surface area contributed by atoms with Crippen LogP contribution in [0, 0.1) is 0 Å². The summed E-state index contributed by atoms with van der Waals surface area (Å²) >= 11 is 9.57. The fourth-order valence-corrected chi connectivity index (χ4v) is 3.63. The van der Waals surface area contributed by atoms with Crippen LogP contribution >= 0.6 is 27.5 Å². The van der Waals surface area contributed by atoms with Crippen LogP contribution in [0.1, 0.15) is 5.56 Å². The van der Waals surface area contributed by atoms with Gasteiger partial charge in [-0.1, -0.05) is 33.6 Å². The van der Waals surface area contributed by atoms with Crippen LogP contribution in [0.15, 0.2) is 22.7 Å². The molecule has 102 valence electrons. The van der Waals surface area contributed by atoms with Gasteiger partial charge in [0.2, 0.25) is 0 Å². The summed E-state index contributed by atoms with van der Waals surface area (Å²) in [6, 6.07) is 5.77. The third-order valence-corrected chi connectivity index (χ3v) is 4.88. The van der Waals surface area contributed by atoms with Crippen molar-refractivity contribution in [2.45, 2.75) is 12.5 Å². The van der Waals surface area contributed by atoms with Crippen LogP contribution in [-0.2, 0) is 11.2 Å². The molecule has 1 aromatic carbocycles. The predicted molar refractivity (Wildman–Crippen MR) is 79.7 cm³/mol. The maximum Gasteiger partial charge on any atom is 0.155 e. The highest BCUT2D eigenvalue weighted by atomic mass is 79.9. The minimum atomic E-state index is 0.0576. The quantitative estimate of drug-likeness (QED) is 0.841. The number of Topliss-reactive ketones (excluding diaryl/α,β-unsaturated/α-hetero) is 1. The van der Waals surface area contributed by atoms with Gasteiger partial charge in [-0.15, -0.1) is 0 Å². The molecule has 19 heavy (non-hydrogen) atoms. The number of piperazine rings is 3. The van der Waals surface area contributed by atoms with E-state index in [2.05, 4.69) is 25.7 Å². The normalized spacial score (nSPS) is 29.5. The van der Waals surface area contributed by atoms with Crippen molar-refractivity contribution in [3.05, 3.63) is 33.3 Å². The molecular weight excluding hydrogens is 328 g/mol. The standard InChI is InChI=1S/C14H16BrClN2O/c15-11-2-1-10(12(16)8-11)7-14(19)13-9-17-3-5-18(13)6-4-17/h1-2,8,13H,3-7,9H2. The lowest BCUT2D eigenvalue weighted by atomic mass is 9.98. The second-order valence-corrected chi connectivity index (χ2v) is 6.55. The van der Waals surface area contributed by atoms with E-state index >= 15 is 0 Å². The van der Waals surface area contributed by atoms with Crippen LogP contribution in [0.4, 0.5) is 0 Å². The minimum Gasteiger partial charge on any atom is -0.299 e. The van der Waals surface area contributed by atoms with Crippen LogP contribution in [0.2, 0.25) is 5.02 Å². The first-order valence-corrected chi connectivity index (χ1v) is 7.73. The molecule has 1 atom stereocenters. The van der Waals surface area contributed by atoms with E-state index < -0.39 is 0 Å². The highest BCUT2D eigenvalue weighted by molar-refractivity contribution is 9.10. The number of carbonyl (C=O) groups is 1. The lowest BCUT2D eigenvalue weighted by Crippen LogP contribution is -2.63. The van der Waals surface area contributed by atoms with Crippen molar-refractivity contribution in [3.8, 4) is 0 Å². The molecule has 2 bridgehead atoms. The minimum absolute atomic E-state index is 0.0576. The molecule has 1 aromatic rings. The number of rotatable bonds is 3. The van der Waals surface area contributed by atoms with Crippen LogP contribution < -0.4 is 0 Å². The first-order valence-electron chi connectivity index (χ1n) is 6.56. The van der Waals surface area contributed by atoms with Gasteiger partial charge in [0.15, 0.2) is 5.78 Å². The molecule has 0 saturated carbocycles. The van der Waals surface area contributed by atoms with Gasteiger partial charge in [-0.3, -0.25) is 14.6 Å². The Kier molecular flexibility index (Phi) is 3.94. The van der Waals surface area contributed by atoms with Crippen molar-refractivity contribution in [1.29, 1.82) is 0 Å². The van der Waals surface area contributed by atoms with Gasteiger partial charge in [0, 0.05) is 48.6 Å². The monoisotopic (exact) mass is 342 g/mol. The van der Waals surface area contributed by atoms with E-state index in [9.17, 15) is 4.79 Å². The molecule has 3 aliphatic heterocycles. The zero-order valence-electron chi connectivity index (χ0n) is 10.6. The molecule has 0 aliphatic carbocycles. The van der Waals surface area contributed by atoms with Crippen molar-refractivity contribution in [2.24, 2.45) is 0 Å². The van der Waals surface area contributed by atoms with Gasteiger partial charge < -0.3 is 0 Å². The van der Waals surface area contributed by atoms with Crippen molar-refractivity contribution in [3.63, 3.8) is 0 Å². The maximum atomic E-state index is 12.5. The largest absolute Gasteiger partial charge is 0.299 e. The molecule has 0 radical (unpaired) electrons. The number of fused-ring (bicyclic) bond motifs is 3. The Hall–Kier alpha value is -0.420. The van der Waals surface area contributed by atoms with Gasteiger partial charge >= 0.3 is 0 Å². The van der Waals surface area contributed by atoms with Crippen LogP contribution in [0.3, 0.4) is 0 Å². The summed E-state index contributed by atoms with van der Waals surface area (Å²) in [7, 11) is 0. The molecule has 1 unspecified atom stereocenters. The second-order valence-electron chi connectivity index (χ2n) is 5.23. The van der Waals surface area contributed by atoms with E-state index in [1.165, 1.54) is 0 Å². The zero-order chi connectivity index (χ0) is 13.4. The Balaban J connectivity index is 1.71. The van der Waals surface area contributed by atoms with Crippen LogP contribution in [0.5, 0.6) is 0 Å². The Morgan fingerprint density at radius 3 is 2.63 bits per heavy atom. The van der Waals surface area contributed by atoms with Crippen LogP contribution in [0.25, 0.3) is 0 Å². The number of hydrogen-bond acceptors (Lipinski definition) is 3. The Morgan fingerprint density at radius 2 is 2.05 bits per heavy atom. The number of benzene rings is 1. The second kappa shape index (κ2) is 5.52. The Labute approximate surface area is 126 Å². The van der Waals surface area contributed by atoms with Crippen LogP contribution in [-0.4, -0.2) is 54.3 Å². The average molecular weight is 344 g/mol. The SMILES string of the molecule is O=C(Cc1ccc(Br)cc1Cl)C1CN2CCN1CC2. The molecule has 3 heterocycles. The van der Waals surface area contributed by atoms with Gasteiger partial charge in [0.1, 0.15) is 0 Å². The van der Waals surface area contributed by atoms with Gasteiger partial charge in [0.25, 0.3) is 0 Å². The van der Waals surface area contributed by atoms with Crippen molar-refractivity contribution in [1.82, 2.24) is 9.80 Å². The summed E-state index contributed by atoms with van der Waals surface area (Å²) in [6.07, 6.45) is 0.432. The number of carbonyl (C=O) groups excluding carboxylic acids is 1. The lowest BCUT2D eigenvalue weighted by Gasteiger charge is -2.46. The van der Waals surface area contributed by atoms with Gasteiger partial charge in [0.05, 0.1) is 6.04 Å². The third-order valence-electron chi connectivity index (χ3n) is 4.03. The maximum absolute atomic E-state index is 12.5.